The van der Waals surface area contributed by atoms with Crippen molar-refractivity contribution in [2.45, 2.75) is 52.3 Å². The molecule has 3 N–H and O–H groups in total. The van der Waals surface area contributed by atoms with E-state index in [0.717, 1.165) is 37.0 Å². The van der Waals surface area contributed by atoms with E-state index < -0.39 is 17.4 Å². The first kappa shape index (κ1) is 26.8. The average molecular weight is 510 g/mol. The van der Waals surface area contributed by atoms with Crippen molar-refractivity contribution in [2.24, 2.45) is 5.41 Å². The highest BCUT2D eigenvalue weighted by Crippen LogP contribution is 2.23. The minimum absolute atomic E-state index is 0.235. The Hall–Kier alpha value is -3.30. The Morgan fingerprint density at radius 3 is 2.46 bits per heavy atom. The third-order valence-electron chi connectivity index (χ3n) is 6.81. The number of piperidine rings is 1. The van der Waals surface area contributed by atoms with Crippen LogP contribution in [0.15, 0.2) is 48.5 Å². The zero-order valence-corrected chi connectivity index (χ0v) is 21.7. The predicted molar refractivity (Wildman–Crippen MR) is 141 cm³/mol. The third kappa shape index (κ3) is 6.72. The number of aliphatic hydroxyl groups excluding tert-OH is 1. The van der Waals surface area contributed by atoms with E-state index in [1.807, 2.05) is 45.0 Å². The highest BCUT2D eigenvalue weighted by atomic mass is 19.1. The molecular weight excluding hydrogens is 473 g/mol. The molecule has 2 aromatic carbocycles. The minimum Gasteiger partial charge on any atom is -0.393 e. The van der Waals surface area contributed by atoms with Crippen LogP contribution in [-0.4, -0.2) is 69.9 Å². The van der Waals surface area contributed by atoms with Crippen LogP contribution in [0.25, 0.3) is 10.9 Å². The van der Waals surface area contributed by atoms with Crippen molar-refractivity contribution in [3.05, 3.63) is 65.6 Å². The standard InChI is InChI=1S/C28H36FN5O3/c1-28(2,3)25(27(37)30-14-17-33-15-12-21(35)13-16-33)31-26(36)24-22-6-4-5-7-23(22)34(32-24)18-19-8-10-20(29)11-9-19/h4-11,21,25,35H,12-18H2,1-3H3,(H,30,37)(H,31,36)/t25-/m1/s1. The molecule has 4 rings (SSSR count). The molecule has 1 aliphatic heterocycles. The van der Waals surface area contributed by atoms with Gasteiger partial charge >= 0.3 is 0 Å². The lowest BCUT2D eigenvalue weighted by atomic mass is 9.86. The summed E-state index contributed by atoms with van der Waals surface area (Å²) in [6.45, 7) is 8.89. The smallest absolute Gasteiger partial charge is 0.273 e. The molecule has 0 saturated carbocycles. The Bertz CT molecular complexity index is 1230. The van der Waals surface area contributed by atoms with E-state index in [0.29, 0.717) is 25.0 Å². The number of hydrogen-bond donors (Lipinski definition) is 3. The summed E-state index contributed by atoms with van der Waals surface area (Å²) in [5.41, 5.74) is 1.35. The molecule has 0 spiro atoms. The number of rotatable bonds is 8. The Labute approximate surface area is 216 Å². The fourth-order valence-corrected chi connectivity index (χ4v) is 4.64. The van der Waals surface area contributed by atoms with Gasteiger partial charge in [-0.2, -0.15) is 5.10 Å². The molecule has 0 aliphatic carbocycles. The van der Waals surface area contributed by atoms with Gasteiger partial charge < -0.3 is 20.6 Å². The van der Waals surface area contributed by atoms with Crippen LogP contribution in [0.2, 0.25) is 0 Å². The first-order valence-corrected chi connectivity index (χ1v) is 12.8. The van der Waals surface area contributed by atoms with E-state index in [2.05, 4.69) is 20.6 Å². The second-order valence-electron chi connectivity index (χ2n) is 10.8. The number of nitrogens with one attached hydrogen (secondary N) is 2. The molecule has 1 aliphatic rings. The van der Waals surface area contributed by atoms with E-state index in [9.17, 15) is 19.1 Å². The normalized spacial score (nSPS) is 16.0. The number of likely N-dealkylation sites (tertiary alicyclic amines) is 1. The number of carbonyl (C=O) groups is 2. The lowest BCUT2D eigenvalue weighted by molar-refractivity contribution is -0.125. The van der Waals surface area contributed by atoms with Crippen LogP contribution in [0.4, 0.5) is 4.39 Å². The Balaban J connectivity index is 1.47. The van der Waals surface area contributed by atoms with Gasteiger partial charge in [-0.05, 0) is 42.0 Å². The SMILES string of the molecule is CC(C)(C)[C@H](NC(=O)c1nn(Cc2ccc(F)cc2)c2ccccc12)C(=O)NCCN1CCC(O)CC1. The molecule has 0 radical (unpaired) electrons. The fourth-order valence-electron chi connectivity index (χ4n) is 4.64. The zero-order valence-electron chi connectivity index (χ0n) is 21.7. The van der Waals surface area contributed by atoms with Gasteiger partial charge in [-0.1, -0.05) is 51.1 Å². The maximum absolute atomic E-state index is 13.4. The van der Waals surface area contributed by atoms with E-state index in [1.165, 1.54) is 12.1 Å². The number of fused-ring (bicyclic) bond motifs is 1. The van der Waals surface area contributed by atoms with Crippen LogP contribution in [0.3, 0.4) is 0 Å². The molecule has 1 saturated heterocycles. The number of nitrogens with zero attached hydrogens (tertiary/aromatic N) is 3. The van der Waals surface area contributed by atoms with Crippen LogP contribution in [-0.2, 0) is 11.3 Å². The van der Waals surface area contributed by atoms with E-state index in [-0.39, 0.29) is 23.5 Å². The lowest BCUT2D eigenvalue weighted by Gasteiger charge is -2.32. The topological polar surface area (TPSA) is 99.5 Å². The quantitative estimate of drug-likeness (QED) is 0.434. The molecule has 0 bridgehead atoms. The first-order valence-electron chi connectivity index (χ1n) is 12.8. The Kier molecular flexibility index (Phi) is 8.24. The maximum Gasteiger partial charge on any atom is 0.273 e. The van der Waals surface area contributed by atoms with Gasteiger partial charge in [0.05, 0.1) is 18.2 Å². The summed E-state index contributed by atoms with van der Waals surface area (Å²) in [7, 11) is 0. The van der Waals surface area contributed by atoms with Gasteiger partial charge in [0.25, 0.3) is 5.91 Å². The summed E-state index contributed by atoms with van der Waals surface area (Å²) in [5.74, 6) is -0.975. The van der Waals surface area contributed by atoms with E-state index in [4.69, 9.17) is 0 Å². The van der Waals surface area contributed by atoms with Crippen LogP contribution in [0.1, 0.15) is 49.7 Å². The number of para-hydroxylation sites is 1. The number of hydrogen-bond acceptors (Lipinski definition) is 5. The monoisotopic (exact) mass is 509 g/mol. The molecule has 1 atom stereocenters. The third-order valence-corrected chi connectivity index (χ3v) is 6.81. The lowest BCUT2D eigenvalue weighted by Crippen LogP contribution is -2.54. The molecule has 1 fully saturated rings. The van der Waals surface area contributed by atoms with Gasteiger partial charge in [0.2, 0.25) is 5.91 Å². The Morgan fingerprint density at radius 2 is 1.78 bits per heavy atom. The second-order valence-corrected chi connectivity index (χ2v) is 10.8. The average Bonchev–Trinajstić information content (AvgIpc) is 3.23. The maximum atomic E-state index is 13.4. The van der Waals surface area contributed by atoms with Gasteiger partial charge in [-0.15, -0.1) is 0 Å². The van der Waals surface area contributed by atoms with Crippen molar-refractivity contribution < 1.29 is 19.1 Å². The van der Waals surface area contributed by atoms with Crippen molar-refractivity contribution >= 4 is 22.7 Å². The Morgan fingerprint density at radius 1 is 1.11 bits per heavy atom. The van der Waals surface area contributed by atoms with E-state index >= 15 is 0 Å². The first-order chi connectivity index (χ1) is 17.6. The summed E-state index contributed by atoms with van der Waals surface area (Å²) in [4.78, 5) is 28.8. The van der Waals surface area contributed by atoms with Gasteiger partial charge in [0, 0.05) is 31.6 Å². The summed E-state index contributed by atoms with van der Waals surface area (Å²) in [6.07, 6.45) is 1.26. The van der Waals surface area contributed by atoms with Crippen LogP contribution in [0, 0.1) is 11.2 Å². The second kappa shape index (κ2) is 11.4. The van der Waals surface area contributed by atoms with Crippen molar-refractivity contribution in [3.63, 3.8) is 0 Å². The number of amides is 2. The van der Waals surface area contributed by atoms with Crippen LogP contribution >= 0.6 is 0 Å². The molecule has 9 heteroatoms. The van der Waals surface area contributed by atoms with Crippen molar-refractivity contribution in [1.82, 2.24) is 25.3 Å². The van der Waals surface area contributed by atoms with Crippen molar-refractivity contribution in [3.8, 4) is 0 Å². The summed E-state index contributed by atoms with van der Waals surface area (Å²) < 4.78 is 15.1. The molecule has 8 nitrogen and oxygen atoms in total. The van der Waals surface area contributed by atoms with Crippen molar-refractivity contribution in [1.29, 1.82) is 0 Å². The van der Waals surface area contributed by atoms with Gasteiger partial charge in [0.15, 0.2) is 5.69 Å². The highest BCUT2D eigenvalue weighted by molar-refractivity contribution is 6.06. The summed E-state index contributed by atoms with van der Waals surface area (Å²) in [6, 6.07) is 12.9. The molecule has 3 aromatic rings. The molecule has 2 amide bonds. The van der Waals surface area contributed by atoms with Crippen molar-refractivity contribution in [2.75, 3.05) is 26.2 Å². The van der Waals surface area contributed by atoms with Gasteiger partial charge in [-0.25, -0.2) is 4.39 Å². The van der Waals surface area contributed by atoms with Gasteiger partial charge in [0.1, 0.15) is 11.9 Å². The minimum atomic E-state index is -0.760. The zero-order chi connectivity index (χ0) is 26.6. The molecule has 2 heterocycles. The largest absolute Gasteiger partial charge is 0.393 e. The van der Waals surface area contributed by atoms with Crippen LogP contribution < -0.4 is 10.6 Å². The number of halogens is 1. The number of carbonyl (C=O) groups excluding carboxylic acids is 2. The molecule has 0 unspecified atom stereocenters. The highest BCUT2D eigenvalue weighted by Gasteiger charge is 2.34. The number of aromatic nitrogens is 2. The summed E-state index contributed by atoms with van der Waals surface area (Å²) in [5, 5.41) is 20.8. The summed E-state index contributed by atoms with van der Waals surface area (Å²) >= 11 is 0. The number of benzene rings is 2. The fraction of sp³-hybridized carbons (Fsp3) is 0.464. The molecule has 37 heavy (non-hydrogen) atoms. The molecular formula is C28H36FN5O3. The van der Waals surface area contributed by atoms with E-state index in [1.54, 1.807) is 16.8 Å². The number of aliphatic hydroxyl groups is 1. The van der Waals surface area contributed by atoms with Crippen LogP contribution in [0.5, 0.6) is 0 Å². The molecule has 198 valence electrons. The van der Waals surface area contributed by atoms with Gasteiger partial charge in [-0.3, -0.25) is 14.3 Å². The predicted octanol–water partition coefficient (Wildman–Crippen LogP) is 2.94. The molecule has 1 aromatic heterocycles.